The van der Waals surface area contributed by atoms with E-state index in [9.17, 15) is 8.42 Å². The third-order valence-corrected chi connectivity index (χ3v) is 7.83. The number of aryl methyl sites for hydroxylation is 1. The lowest BCUT2D eigenvalue weighted by atomic mass is 10.2. The van der Waals surface area contributed by atoms with E-state index in [0.29, 0.717) is 29.7 Å². The summed E-state index contributed by atoms with van der Waals surface area (Å²) >= 11 is 5.32. The molecule has 4 rings (SSSR count). The third-order valence-electron chi connectivity index (χ3n) is 5.74. The molecule has 1 saturated heterocycles. The Morgan fingerprint density at radius 3 is 2.59 bits per heavy atom. The molecule has 8 nitrogen and oxygen atoms in total. The zero-order valence-electron chi connectivity index (χ0n) is 19.3. The van der Waals surface area contributed by atoms with Gasteiger partial charge >= 0.3 is 0 Å². The first-order chi connectivity index (χ1) is 16.4. The zero-order chi connectivity index (χ0) is 24.1. The van der Waals surface area contributed by atoms with Crippen LogP contribution >= 0.6 is 12.2 Å². The van der Waals surface area contributed by atoms with Gasteiger partial charge in [-0.05, 0) is 74.4 Å². The normalized spacial score (nSPS) is 15.0. The van der Waals surface area contributed by atoms with Crippen LogP contribution in [-0.2, 0) is 17.1 Å². The van der Waals surface area contributed by atoms with Crippen LogP contribution in [0.25, 0.3) is 10.9 Å². The van der Waals surface area contributed by atoms with Crippen molar-refractivity contribution in [3.05, 3.63) is 54.2 Å². The number of fused-ring (bicyclic) bond motifs is 1. The van der Waals surface area contributed by atoms with Gasteiger partial charge in [-0.1, -0.05) is 6.42 Å². The van der Waals surface area contributed by atoms with E-state index in [0.717, 1.165) is 47.2 Å². The highest BCUT2D eigenvalue weighted by atomic mass is 32.2. The van der Waals surface area contributed by atoms with Crippen LogP contribution in [0.5, 0.6) is 5.75 Å². The predicted molar refractivity (Wildman–Crippen MR) is 140 cm³/mol. The van der Waals surface area contributed by atoms with E-state index < -0.39 is 10.0 Å². The summed E-state index contributed by atoms with van der Waals surface area (Å²) in [6.07, 6.45) is 6.44. The number of piperidine rings is 1. The molecule has 0 aliphatic carbocycles. The smallest absolute Gasteiger partial charge is 0.243 e. The molecular formula is C24H29N5O3S2. The Morgan fingerprint density at radius 1 is 1.15 bits per heavy atom. The zero-order valence-corrected chi connectivity index (χ0v) is 21.0. The van der Waals surface area contributed by atoms with E-state index in [-0.39, 0.29) is 0 Å². The van der Waals surface area contributed by atoms with Crippen molar-refractivity contribution in [2.75, 3.05) is 25.0 Å². The number of hydrogen-bond acceptors (Lipinski definition) is 5. The monoisotopic (exact) mass is 499 g/mol. The number of sulfonamides is 1. The number of thiocarbonyl (C=S) groups is 1. The van der Waals surface area contributed by atoms with Crippen molar-refractivity contribution in [3.63, 3.8) is 0 Å². The molecule has 3 aromatic rings. The molecule has 1 aliphatic rings. The van der Waals surface area contributed by atoms with Crippen molar-refractivity contribution >= 4 is 50.2 Å². The maximum absolute atomic E-state index is 13.1. The molecule has 1 fully saturated rings. The molecule has 2 aromatic carbocycles. The Balaban J connectivity index is 1.48. The summed E-state index contributed by atoms with van der Waals surface area (Å²) in [5, 5.41) is 8.48. The van der Waals surface area contributed by atoms with Crippen LogP contribution in [0.4, 0.5) is 5.69 Å². The fourth-order valence-electron chi connectivity index (χ4n) is 4.04. The highest BCUT2D eigenvalue weighted by Gasteiger charge is 2.26. The number of ether oxygens (including phenoxy) is 1. The topological polar surface area (TPSA) is 88.0 Å². The van der Waals surface area contributed by atoms with Crippen molar-refractivity contribution in [3.8, 4) is 5.75 Å². The standard InChI is InChI=1S/C24H29N5O3S2/c1-3-32-20-9-7-19(8-10-20)26-24(33)27-25-16-18-17-28(2)23-12-11-21(15-22(18)23)34(30,31)29-13-5-4-6-14-29/h7-12,15-17H,3-6,13-14H2,1-2H3,(H2,26,27,33)/b25-16+. The van der Waals surface area contributed by atoms with Crippen molar-refractivity contribution in [2.24, 2.45) is 12.1 Å². The van der Waals surface area contributed by atoms with Crippen LogP contribution in [-0.4, -0.2) is 48.3 Å². The van der Waals surface area contributed by atoms with E-state index in [1.165, 1.54) is 0 Å². The highest BCUT2D eigenvalue weighted by molar-refractivity contribution is 7.89. The number of aromatic nitrogens is 1. The summed E-state index contributed by atoms with van der Waals surface area (Å²) in [6.45, 7) is 3.70. The average molecular weight is 500 g/mol. The summed E-state index contributed by atoms with van der Waals surface area (Å²) in [5.41, 5.74) is 5.35. The van der Waals surface area contributed by atoms with Gasteiger partial charge in [0.2, 0.25) is 10.0 Å². The Morgan fingerprint density at radius 2 is 1.88 bits per heavy atom. The lowest BCUT2D eigenvalue weighted by molar-refractivity contribution is 0.340. The molecule has 0 spiro atoms. The molecule has 10 heteroatoms. The molecular weight excluding hydrogens is 470 g/mol. The Labute approximate surface area is 205 Å². The van der Waals surface area contributed by atoms with Gasteiger partial charge in [0.15, 0.2) is 5.11 Å². The number of rotatable bonds is 7. The van der Waals surface area contributed by atoms with E-state index >= 15 is 0 Å². The van der Waals surface area contributed by atoms with Gasteiger partial charge in [-0.2, -0.15) is 9.41 Å². The van der Waals surface area contributed by atoms with Crippen molar-refractivity contribution < 1.29 is 13.2 Å². The molecule has 0 saturated carbocycles. The van der Waals surface area contributed by atoms with Crippen molar-refractivity contribution in [2.45, 2.75) is 31.1 Å². The first-order valence-electron chi connectivity index (χ1n) is 11.3. The first kappa shape index (κ1) is 24.2. The summed E-state index contributed by atoms with van der Waals surface area (Å²) in [4.78, 5) is 0.309. The van der Waals surface area contributed by atoms with E-state index in [1.54, 1.807) is 22.7 Å². The second kappa shape index (κ2) is 10.5. The number of nitrogens with one attached hydrogen (secondary N) is 2. The molecule has 2 N–H and O–H groups in total. The van der Waals surface area contributed by atoms with Gasteiger partial charge in [-0.25, -0.2) is 8.42 Å². The summed E-state index contributed by atoms with van der Waals surface area (Å²) in [7, 11) is -1.59. The quantitative estimate of drug-likeness (QED) is 0.289. The number of hydrogen-bond donors (Lipinski definition) is 2. The lowest BCUT2D eigenvalue weighted by Crippen LogP contribution is -2.35. The molecule has 0 unspecified atom stereocenters. The van der Waals surface area contributed by atoms with Crippen LogP contribution in [0.2, 0.25) is 0 Å². The Kier molecular flexibility index (Phi) is 7.50. The maximum Gasteiger partial charge on any atom is 0.243 e. The molecule has 0 bridgehead atoms. The van der Waals surface area contributed by atoms with Gasteiger partial charge in [0.25, 0.3) is 0 Å². The summed E-state index contributed by atoms with van der Waals surface area (Å²) in [6, 6.07) is 12.7. The van der Waals surface area contributed by atoms with E-state index in [4.69, 9.17) is 17.0 Å². The van der Waals surface area contributed by atoms with Gasteiger partial charge in [-0.15, -0.1) is 0 Å². The van der Waals surface area contributed by atoms with Crippen LogP contribution in [0.15, 0.2) is 58.7 Å². The minimum atomic E-state index is -3.51. The summed E-state index contributed by atoms with van der Waals surface area (Å²) < 4.78 is 35.2. The molecule has 34 heavy (non-hydrogen) atoms. The third kappa shape index (κ3) is 5.40. The number of hydrazone groups is 1. The predicted octanol–water partition coefficient (Wildman–Crippen LogP) is 4.07. The van der Waals surface area contributed by atoms with Crippen LogP contribution in [0.1, 0.15) is 31.7 Å². The first-order valence-corrected chi connectivity index (χ1v) is 13.2. The van der Waals surface area contributed by atoms with E-state index in [2.05, 4.69) is 15.8 Å². The SMILES string of the molecule is CCOc1ccc(NC(=S)N/N=C/c2cn(C)c3ccc(S(=O)(=O)N4CCCCC4)cc23)cc1. The van der Waals surface area contributed by atoms with Gasteiger partial charge < -0.3 is 14.6 Å². The number of anilines is 1. The molecule has 2 heterocycles. The minimum Gasteiger partial charge on any atom is -0.494 e. The maximum atomic E-state index is 13.1. The molecule has 1 aliphatic heterocycles. The van der Waals surface area contributed by atoms with Gasteiger partial charge in [0.05, 0.1) is 17.7 Å². The van der Waals surface area contributed by atoms with Gasteiger partial charge in [0.1, 0.15) is 5.75 Å². The molecule has 0 atom stereocenters. The largest absolute Gasteiger partial charge is 0.494 e. The second-order valence-corrected chi connectivity index (χ2v) is 10.5. The molecule has 180 valence electrons. The van der Waals surface area contributed by atoms with Gasteiger partial charge in [0, 0.05) is 48.5 Å². The minimum absolute atomic E-state index is 0.309. The molecule has 1 aromatic heterocycles. The number of benzene rings is 2. The van der Waals surface area contributed by atoms with E-state index in [1.807, 2.05) is 55.1 Å². The van der Waals surface area contributed by atoms with Crippen molar-refractivity contribution in [1.29, 1.82) is 0 Å². The lowest BCUT2D eigenvalue weighted by Gasteiger charge is -2.25. The Bertz CT molecular complexity index is 1290. The second-order valence-electron chi connectivity index (χ2n) is 8.12. The summed E-state index contributed by atoms with van der Waals surface area (Å²) in [5.74, 6) is 0.794. The molecule has 0 radical (unpaired) electrons. The van der Waals surface area contributed by atoms with Crippen LogP contribution in [0, 0.1) is 0 Å². The average Bonchev–Trinajstić information content (AvgIpc) is 3.16. The van der Waals surface area contributed by atoms with Crippen molar-refractivity contribution in [1.82, 2.24) is 14.3 Å². The fraction of sp³-hybridized carbons (Fsp3) is 0.333. The fourth-order valence-corrected chi connectivity index (χ4v) is 5.75. The van der Waals surface area contributed by atoms with Gasteiger partial charge in [-0.3, -0.25) is 5.43 Å². The number of nitrogens with zero attached hydrogens (tertiary/aromatic N) is 3. The highest BCUT2D eigenvalue weighted by Crippen LogP contribution is 2.26. The van der Waals surface area contributed by atoms with Crippen LogP contribution < -0.4 is 15.5 Å². The molecule has 0 amide bonds. The Hall–Kier alpha value is -2.95. The van der Waals surface area contributed by atoms with Crippen LogP contribution in [0.3, 0.4) is 0 Å².